The van der Waals surface area contributed by atoms with Crippen molar-refractivity contribution in [3.8, 4) is 0 Å². The summed E-state index contributed by atoms with van der Waals surface area (Å²) < 4.78 is 0. The number of nitrogens with zero attached hydrogens (tertiary/aromatic N) is 4. The molecule has 5 rings (SSSR count). The highest BCUT2D eigenvalue weighted by Crippen LogP contribution is 2.57. The summed E-state index contributed by atoms with van der Waals surface area (Å²) >= 11 is 0. The van der Waals surface area contributed by atoms with E-state index in [-0.39, 0.29) is 11.5 Å². The standard InChI is InChI=1S/C20H22N4O/c25-19(14-3-4-18-15(10-14)11-22-13-23-18)24-9-6-16-5-7-20(16,24)17-2-1-8-21-12-17/h1-2,8,11-14,16H,3-7,9-10H2/t14?,16-,20-/m0/s1. The lowest BCUT2D eigenvalue weighted by Crippen LogP contribution is -2.55. The number of rotatable bonds is 2. The number of hydrogen-bond donors (Lipinski definition) is 0. The molecule has 5 heteroatoms. The van der Waals surface area contributed by atoms with Crippen molar-refractivity contribution in [1.29, 1.82) is 0 Å². The van der Waals surface area contributed by atoms with Crippen molar-refractivity contribution in [2.24, 2.45) is 11.8 Å². The first kappa shape index (κ1) is 15.0. The lowest BCUT2D eigenvalue weighted by molar-refractivity contribution is -0.145. The monoisotopic (exact) mass is 334 g/mol. The maximum Gasteiger partial charge on any atom is 0.226 e. The molecule has 1 unspecified atom stereocenters. The van der Waals surface area contributed by atoms with Gasteiger partial charge in [0, 0.05) is 36.7 Å². The minimum Gasteiger partial charge on any atom is -0.332 e. The maximum absolute atomic E-state index is 13.4. The van der Waals surface area contributed by atoms with Gasteiger partial charge in [-0.15, -0.1) is 0 Å². The van der Waals surface area contributed by atoms with Crippen molar-refractivity contribution < 1.29 is 4.79 Å². The van der Waals surface area contributed by atoms with Crippen molar-refractivity contribution >= 4 is 5.91 Å². The first-order chi connectivity index (χ1) is 12.3. The molecule has 3 heterocycles. The van der Waals surface area contributed by atoms with Crippen LogP contribution in [-0.2, 0) is 23.2 Å². The molecule has 2 aliphatic carbocycles. The molecule has 1 aliphatic heterocycles. The Morgan fingerprint density at radius 1 is 1.20 bits per heavy atom. The molecule has 0 spiro atoms. The summed E-state index contributed by atoms with van der Waals surface area (Å²) in [5.74, 6) is 0.979. The van der Waals surface area contributed by atoms with E-state index in [1.165, 1.54) is 12.0 Å². The number of fused-ring (bicyclic) bond motifs is 2. The van der Waals surface area contributed by atoms with Gasteiger partial charge in [-0.1, -0.05) is 6.07 Å². The first-order valence-electron chi connectivity index (χ1n) is 9.29. The summed E-state index contributed by atoms with van der Waals surface area (Å²) in [4.78, 5) is 28.5. The van der Waals surface area contributed by atoms with E-state index in [4.69, 9.17) is 0 Å². The third-order valence-electron chi connectivity index (χ3n) is 6.59. The Kier molecular flexibility index (Phi) is 3.37. The summed E-state index contributed by atoms with van der Waals surface area (Å²) in [6, 6.07) is 4.14. The van der Waals surface area contributed by atoms with Crippen LogP contribution in [-0.4, -0.2) is 32.3 Å². The number of likely N-dealkylation sites (tertiary alicyclic amines) is 1. The van der Waals surface area contributed by atoms with Gasteiger partial charge in [0.1, 0.15) is 6.33 Å². The van der Waals surface area contributed by atoms with Crippen LogP contribution in [0.5, 0.6) is 0 Å². The van der Waals surface area contributed by atoms with Crippen LogP contribution in [0.3, 0.4) is 0 Å². The van der Waals surface area contributed by atoms with Gasteiger partial charge in [0.05, 0.1) is 5.54 Å². The minimum atomic E-state index is -0.0984. The van der Waals surface area contributed by atoms with E-state index >= 15 is 0 Å². The van der Waals surface area contributed by atoms with E-state index < -0.39 is 0 Å². The van der Waals surface area contributed by atoms with Gasteiger partial charge in [0.2, 0.25) is 5.91 Å². The molecule has 3 aliphatic rings. The maximum atomic E-state index is 13.4. The normalized spacial score (nSPS) is 30.3. The molecule has 0 aromatic carbocycles. The summed E-state index contributed by atoms with van der Waals surface area (Å²) in [5, 5.41) is 0. The number of amides is 1. The molecule has 3 atom stereocenters. The Labute approximate surface area is 147 Å². The van der Waals surface area contributed by atoms with E-state index in [1.807, 2.05) is 24.7 Å². The molecule has 1 amide bonds. The minimum absolute atomic E-state index is 0.0615. The van der Waals surface area contributed by atoms with Crippen molar-refractivity contribution in [3.05, 3.63) is 53.9 Å². The van der Waals surface area contributed by atoms with Crippen LogP contribution in [0.1, 0.15) is 42.5 Å². The molecule has 2 fully saturated rings. The second-order valence-electron chi connectivity index (χ2n) is 7.61. The highest BCUT2D eigenvalue weighted by molar-refractivity contribution is 5.81. The summed E-state index contributed by atoms with van der Waals surface area (Å²) in [6.07, 6.45) is 13.2. The number of carbonyl (C=O) groups is 1. The molecule has 1 saturated heterocycles. The Hall–Kier alpha value is -2.30. The number of aryl methyl sites for hydroxylation is 1. The van der Waals surface area contributed by atoms with Crippen LogP contribution in [0.4, 0.5) is 0 Å². The van der Waals surface area contributed by atoms with Crippen molar-refractivity contribution in [1.82, 2.24) is 19.9 Å². The third-order valence-corrected chi connectivity index (χ3v) is 6.59. The Bertz CT molecular complexity index is 808. The average Bonchev–Trinajstić information content (AvgIpc) is 2.92. The number of carbonyl (C=O) groups excluding carboxylic acids is 1. The predicted molar refractivity (Wildman–Crippen MR) is 92.5 cm³/mol. The van der Waals surface area contributed by atoms with Gasteiger partial charge in [0.15, 0.2) is 0 Å². The van der Waals surface area contributed by atoms with Gasteiger partial charge in [-0.25, -0.2) is 9.97 Å². The van der Waals surface area contributed by atoms with Crippen molar-refractivity contribution in [2.75, 3.05) is 6.54 Å². The fraction of sp³-hybridized carbons (Fsp3) is 0.500. The molecule has 0 radical (unpaired) electrons. The molecule has 128 valence electrons. The molecule has 0 N–H and O–H groups in total. The highest BCUT2D eigenvalue weighted by Gasteiger charge is 2.58. The number of pyridine rings is 1. The molecule has 25 heavy (non-hydrogen) atoms. The van der Waals surface area contributed by atoms with Crippen LogP contribution >= 0.6 is 0 Å². The second-order valence-corrected chi connectivity index (χ2v) is 7.61. The van der Waals surface area contributed by atoms with Crippen molar-refractivity contribution in [3.63, 3.8) is 0 Å². The number of hydrogen-bond acceptors (Lipinski definition) is 4. The van der Waals surface area contributed by atoms with Crippen LogP contribution in [0.25, 0.3) is 0 Å². The van der Waals surface area contributed by atoms with E-state index in [0.717, 1.165) is 49.9 Å². The van der Waals surface area contributed by atoms with Gasteiger partial charge in [0.25, 0.3) is 0 Å². The number of aromatic nitrogens is 3. The van der Waals surface area contributed by atoms with E-state index in [1.54, 1.807) is 6.33 Å². The smallest absolute Gasteiger partial charge is 0.226 e. The van der Waals surface area contributed by atoms with Crippen LogP contribution in [0, 0.1) is 11.8 Å². The molecule has 5 nitrogen and oxygen atoms in total. The van der Waals surface area contributed by atoms with Crippen LogP contribution in [0.2, 0.25) is 0 Å². The van der Waals surface area contributed by atoms with Crippen molar-refractivity contribution in [2.45, 2.75) is 44.1 Å². The van der Waals surface area contributed by atoms with Crippen LogP contribution in [0.15, 0.2) is 37.1 Å². The quantitative estimate of drug-likeness (QED) is 0.847. The van der Waals surface area contributed by atoms with Gasteiger partial charge in [-0.2, -0.15) is 0 Å². The zero-order valence-electron chi connectivity index (χ0n) is 14.3. The third kappa shape index (κ3) is 2.14. The van der Waals surface area contributed by atoms with E-state index in [0.29, 0.717) is 11.8 Å². The lowest BCUT2D eigenvalue weighted by atomic mass is 9.63. The van der Waals surface area contributed by atoms with Gasteiger partial charge in [-0.3, -0.25) is 9.78 Å². The summed E-state index contributed by atoms with van der Waals surface area (Å²) in [7, 11) is 0. The largest absolute Gasteiger partial charge is 0.332 e. The Morgan fingerprint density at radius 2 is 2.16 bits per heavy atom. The molecular weight excluding hydrogens is 312 g/mol. The molecular formula is C20H22N4O. The highest BCUT2D eigenvalue weighted by atomic mass is 16.2. The average molecular weight is 334 g/mol. The van der Waals surface area contributed by atoms with Gasteiger partial charge in [-0.05, 0) is 61.6 Å². The molecule has 2 aromatic heterocycles. The molecule has 1 saturated carbocycles. The fourth-order valence-corrected chi connectivity index (χ4v) is 5.20. The SMILES string of the molecule is O=C(C1CCc2ncncc2C1)N1CC[C@@H]2CC[C@@]21c1cccnc1. The van der Waals surface area contributed by atoms with E-state index in [9.17, 15) is 4.79 Å². The molecule has 2 aromatic rings. The lowest BCUT2D eigenvalue weighted by Gasteiger charge is -2.51. The summed E-state index contributed by atoms with van der Waals surface area (Å²) in [6.45, 7) is 0.882. The predicted octanol–water partition coefficient (Wildman–Crippen LogP) is 2.51. The van der Waals surface area contributed by atoms with Gasteiger partial charge < -0.3 is 4.90 Å². The Morgan fingerprint density at radius 3 is 2.96 bits per heavy atom. The molecule has 0 bridgehead atoms. The zero-order chi connectivity index (χ0) is 16.9. The Balaban J connectivity index is 1.44. The second kappa shape index (κ2) is 5.61. The van der Waals surface area contributed by atoms with Crippen LogP contribution < -0.4 is 0 Å². The first-order valence-corrected chi connectivity index (χ1v) is 9.29. The fourth-order valence-electron chi connectivity index (χ4n) is 5.20. The zero-order valence-corrected chi connectivity index (χ0v) is 14.3. The van der Waals surface area contributed by atoms with Gasteiger partial charge >= 0.3 is 0 Å². The van der Waals surface area contributed by atoms with E-state index in [2.05, 4.69) is 25.9 Å². The topological polar surface area (TPSA) is 59.0 Å². The summed E-state index contributed by atoms with van der Waals surface area (Å²) in [5.41, 5.74) is 3.38.